The molecule has 0 fully saturated rings. The number of methoxy groups -OCH3 is 1. The zero-order chi connectivity index (χ0) is 13.1. The first-order valence-corrected chi connectivity index (χ1v) is 6.05. The zero-order valence-corrected chi connectivity index (χ0v) is 11.2. The van der Waals surface area contributed by atoms with Gasteiger partial charge >= 0.3 is 5.97 Å². The highest BCUT2D eigenvalue weighted by Gasteiger charge is 2.15. The number of esters is 1. The third kappa shape index (κ3) is 2.43. The molecule has 0 radical (unpaired) electrons. The Kier molecular flexibility index (Phi) is 3.77. The van der Waals surface area contributed by atoms with Gasteiger partial charge in [0.2, 0.25) is 0 Å². The van der Waals surface area contributed by atoms with Crippen LogP contribution in [0, 0.1) is 5.82 Å². The summed E-state index contributed by atoms with van der Waals surface area (Å²) in [5.74, 6) is -0.867. The summed E-state index contributed by atoms with van der Waals surface area (Å²) in [7, 11) is 1.30. The third-order valence-corrected chi connectivity index (χ3v) is 3.05. The van der Waals surface area contributed by atoms with Crippen LogP contribution in [0.25, 0.3) is 11.1 Å². The van der Waals surface area contributed by atoms with Gasteiger partial charge in [0.25, 0.3) is 0 Å². The number of carbonyl (C=O) groups excluding carboxylic acids is 1. The second-order valence-electron chi connectivity index (χ2n) is 3.66. The summed E-state index contributed by atoms with van der Waals surface area (Å²) in [6, 6.07) is 11.5. The van der Waals surface area contributed by atoms with Gasteiger partial charge in [0.05, 0.1) is 12.7 Å². The second-order valence-corrected chi connectivity index (χ2v) is 4.58. The van der Waals surface area contributed by atoms with Crippen LogP contribution in [0.2, 0.25) is 0 Å². The zero-order valence-electron chi connectivity index (χ0n) is 9.61. The van der Waals surface area contributed by atoms with Crippen molar-refractivity contribution in [2.24, 2.45) is 0 Å². The molecule has 2 rings (SSSR count). The minimum Gasteiger partial charge on any atom is -0.465 e. The molecule has 0 aliphatic rings. The Hall–Kier alpha value is -1.68. The molecule has 2 aromatic rings. The summed E-state index contributed by atoms with van der Waals surface area (Å²) < 4.78 is 19.2. The Labute approximate surface area is 113 Å². The summed E-state index contributed by atoms with van der Waals surface area (Å²) in [5.41, 5.74) is 1.25. The average molecular weight is 309 g/mol. The topological polar surface area (TPSA) is 26.3 Å². The largest absolute Gasteiger partial charge is 0.465 e. The highest BCUT2D eigenvalue weighted by atomic mass is 79.9. The van der Waals surface area contributed by atoms with Crippen molar-refractivity contribution in [2.45, 2.75) is 0 Å². The molecule has 0 aliphatic heterocycles. The van der Waals surface area contributed by atoms with Crippen molar-refractivity contribution in [1.82, 2.24) is 0 Å². The van der Waals surface area contributed by atoms with Gasteiger partial charge in [0.15, 0.2) is 0 Å². The average Bonchev–Trinajstić information content (AvgIpc) is 2.38. The van der Waals surface area contributed by atoms with Crippen LogP contribution in [-0.4, -0.2) is 13.1 Å². The number of hydrogen-bond donors (Lipinski definition) is 0. The summed E-state index contributed by atoms with van der Waals surface area (Å²) in [4.78, 5) is 11.6. The molecule has 18 heavy (non-hydrogen) atoms. The fraction of sp³-hybridized carbons (Fsp3) is 0.0714. The van der Waals surface area contributed by atoms with Crippen molar-refractivity contribution in [2.75, 3.05) is 7.11 Å². The first kappa shape index (κ1) is 12.8. The van der Waals surface area contributed by atoms with Gasteiger partial charge in [-0.2, -0.15) is 0 Å². The Morgan fingerprint density at radius 2 is 1.89 bits per heavy atom. The normalized spacial score (nSPS) is 10.2. The minimum atomic E-state index is -0.479. The van der Waals surface area contributed by atoms with E-state index in [2.05, 4.69) is 15.9 Å². The monoisotopic (exact) mass is 308 g/mol. The molecule has 0 saturated heterocycles. The number of ether oxygens (including phenoxy) is 1. The molecular weight excluding hydrogens is 299 g/mol. The third-order valence-electron chi connectivity index (χ3n) is 2.55. The van der Waals surface area contributed by atoms with Gasteiger partial charge in [-0.05, 0) is 23.8 Å². The highest BCUT2D eigenvalue weighted by Crippen LogP contribution is 2.28. The van der Waals surface area contributed by atoms with Crippen LogP contribution >= 0.6 is 15.9 Å². The molecule has 92 valence electrons. The van der Waals surface area contributed by atoms with Gasteiger partial charge in [-0.1, -0.05) is 40.2 Å². The Morgan fingerprint density at radius 1 is 1.17 bits per heavy atom. The lowest BCUT2D eigenvalue weighted by atomic mass is 9.99. The molecule has 0 N–H and O–H groups in total. The number of hydrogen-bond acceptors (Lipinski definition) is 2. The van der Waals surface area contributed by atoms with E-state index in [4.69, 9.17) is 4.74 Å². The summed E-state index contributed by atoms with van der Waals surface area (Å²) >= 11 is 3.20. The van der Waals surface area contributed by atoms with Crippen LogP contribution in [0.1, 0.15) is 10.4 Å². The Bertz CT molecular complexity index is 596. The minimum absolute atomic E-state index is 0.348. The summed E-state index contributed by atoms with van der Waals surface area (Å²) in [5, 5.41) is 0. The molecule has 0 aliphatic carbocycles. The fourth-order valence-electron chi connectivity index (χ4n) is 1.71. The quantitative estimate of drug-likeness (QED) is 0.783. The van der Waals surface area contributed by atoms with Crippen molar-refractivity contribution in [3.05, 3.63) is 58.3 Å². The Balaban J connectivity index is 2.60. The summed E-state index contributed by atoms with van der Waals surface area (Å²) in [6.07, 6.45) is 0. The molecular formula is C14H10BrFO2. The molecule has 0 aromatic heterocycles. The molecule has 0 amide bonds. The van der Waals surface area contributed by atoms with Gasteiger partial charge in [-0.15, -0.1) is 0 Å². The maximum Gasteiger partial charge on any atom is 0.338 e. The van der Waals surface area contributed by atoms with Crippen molar-refractivity contribution in [3.8, 4) is 11.1 Å². The van der Waals surface area contributed by atoms with Gasteiger partial charge in [0.1, 0.15) is 5.82 Å². The number of carbonyl (C=O) groups is 1. The van der Waals surface area contributed by atoms with Crippen molar-refractivity contribution >= 4 is 21.9 Å². The van der Waals surface area contributed by atoms with E-state index in [1.54, 1.807) is 36.4 Å². The molecule has 0 heterocycles. The highest BCUT2D eigenvalue weighted by molar-refractivity contribution is 9.10. The SMILES string of the molecule is COC(=O)c1ccccc1-c1ccc(Br)cc1F. The predicted molar refractivity (Wildman–Crippen MR) is 70.9 cm³/mol. The van der Waals surface area contributed by atoms with E-state index < -0.39 is 5.97 Å². The van der Waals surface area contributed by atoms with E-state index in [0.717, 1.165) is 0 Å². The molecule has 2 nitrogen and oxygen atoms in total. The Morgan fingerprint density at radius 3 is 2.56 bits per heavy atom. The van der Waals surface area contributed by atoms with Crippen LogP contribution in [0.4, 0.5) is 4.39 Å². The van der Waals surface area contributed by atoms with Crippen molar-refractivity contribution in [1.29, 1.82) is 0 Å². The molecule has 4 heteroatoms. The first-order valence-electron chi connectivity index (χ1n) is 5.26. The standard InChI is InChI=1S/C14H10BrFO2/c1-18-14(17)12-5-3-2-4-10(12)11-7-6-9(15)8-13(11)16/h2-8H,1H3. The van der Waals surface area contributed by atoms with Crippen molar-refractivity contribution < 1.29 is 13.9 Å². The maximum atomic E-state index is 13.9. The van der Waals surface area contributed by atoms with Crippen LogP contribution in [0.3, 0.4) is 0 Å². The first-order chi connectivity index (χ1) is 8.63. The lowest BCUT2D eigenvalue weighted by Crippen LogP contribution is -2.03. The number of benzene rings is 2. The van der Waals surface area contributed by atoms with E-state index >= 15 is 0 Å². The van der Waals surface area contributed by atoms with Gasteiger partial charge in [0, 0.05) is 10.0 Å². The van der Waals surface area contributed by atoms with E-state index in [9.17, 15) is 9.18 Å². The van der Waals surface area contributed by atoms with Gasteiger partial charge < -0.3 is 4.74 Å². The molecule has 0 unspecified atom stereocenters. The molecule has 2 aromatic carbocycles. The molecule has 0 spiro atoms. The van der Waals surface area contributed by atoms with Crippen LogP contribution in [0.5, 0.6) is 0 Å². The number of halogens is 2. The van der Waals surface area contributed by atoms with Crippen LogP contribution < -0.4 is 0 Å². The van der Waals surface area contributed by atoms with Crippen LogP contribution in [0.15, 0.2) is 46.9 Å². The van der Waals surface area contributed by atoms with Gasteiger partial charge in [-0.25, -0.2) is 9.18 Å². The van der Waals surface area contributed by atoms with E-state index in [-0.39, 0.29) is 5.82 Å². The predicted octanol–water partition coefficient (Wildman–Crippen LogP) is 4.04. The van der Waals surface area contributed by atoms with Crippen LogP contribution in [-0.2, 0) is 4.74 Å². The van der Waals surface area contributed by atoms with E-state index in [1.165, 1.54) is 13.2 Å². The lowest BCUT2D eigenvalue weighted by molar-refractivity contribution is 0.0601. The second kappa shape index (κ2) is 5.31. The van der Waals surface area contributed by atoms with E-state index in [1.807, 2.05) is 0 Å². The van der Waals surface area contributed by atoms with E-state index in [0.29, 0.717) is 21.2 Å². The maximum absolute atomic E-state index is 13.9. The van der Waals surface area contributed by atoms with Gasteiger partial charge in [-0.3, -0.25) is 0 Å². The molecule has 0 saturated carbocycles. The van der Waals surface area contributed by atoms with Crippen molar-refractivity contribution in [3.63, 3.8) is 0 Å². The number of rotatable bonds is 2. The smallest absolute Gasteiger partial charge is 0.338 e. The molecule has 0 atom stereocenters. The summed E-state index contributed by atoms with van der Waals surface area (Å²) in [6.45, 7) is 0. The fourth-order valence-corrected chi connectivity index (χ4v) is 2.05. The lowest BCUT2D eigenvalue weighted by Gasteiger charge is -2.09. The molecule has 0 bridgehead atoms.